The van der Waals surface area contributed by atoms with E-state index in [9.17, 15) is 0 Å². The lowest BCUT2D eigenvalue weighted by atomic mass is 10.2. The number of benzene rings is 1. The smallest absolute Gasteiger partial charge is 0.191 e. The van der Waals surface area contributed by atoms with E-state index in [2.05, 4.69) is 64.8 Å². The Bertz CT molecular complexity index is 428. The summed E-state index contributed by atoms with van der Waals surface area (Å²) < 4.78 is 5.33. The molecule has 0 saturated heterocycles. The summed E-state index contributed by atoms with van der Waals surface area (Å²) in [6.07, 6.45) is 0.957. The second-order valence-electron chi connectivity index (χ2n) is 5.46. The van der Waals surface area contributed by atoms with E-state index < -0.39 is 0 Å². The van der Waals surface area contributed by atoms with Crippen LogP contribution in [-0.4, -0.2) is 57.3 Å². The molecule has 0 atom stereocenters. The van der Waals surface area contributed by atoms with Crippen molar-refractivity contribution in [2.75, 3.05) is 46.4 Å². The van der Waals surface area contributed by atoms with Crippen LogP contribution in [0.4, 0.5) is 0 Å². The normalized spacial score (nSPS) is 11.2. The highest BCUT2D eigenvalue weighted by Gasteiger charge is 2.01. The summed E-state index contributed by atoms with van der Waals surface area (Å²) in [5, 5.41) is 6.66. The Morgan fingerprint density at radius 3 is 2.58 bits per heavy atom. The molecule has 0 fully saturated rings. The molecule has 24 heavy (non-hydrogen) atoms. The predicted octanol–water partition coefficient (Wildman–Crippen LogP) is 2.72. The average Bonchev–Trinajstić information content (AvgIpc) is 2.55. The van der Waals surface area contributed by atoms with Gasteiger partial charge in [0.25, 0.3) is 0 Å². The molecular weight excluding hydrogens is 415 g/mol. The Labute approximate surface area is 164 Å². The molecule has 0 unspecified atom stereocenters. The van der Waals surface area contributed by atoms with Crippen LogP contribution < -0.4 is 10.6 Å². The first-order valence-corrected chi connectivity index (χ1v) is 8.58. The molecule has 1 rings (SSSR count). The van der Waals surface area contributed by atoms with Crippen LogP contribution in [0.1, 0.15) is 25.8 Å². The van der Waals surface area contributed by atoms with E-state index in [-0.39, 0.29) is 24.0 Å². The lowest BCUT2D eigenvalue weighted by molar-refractivity contribution is 0.146. The van der Waals surface area contributed by atoms with E-state index in [1.165, 1.54) is 5.56 Å². The van der Waals surface area contributed by atoms with Crippen LogP contribution in [0.5, 0.6) is 0 Å². The molecule has 0 saturated carbocycles. The van der Waals surface area contributed by atoms with Crippen molar-refractivity contribution < 1.29 is 4.74 Å². The topological polar surface area (TPSA) is 48.9 Å². The first kappa shape index (κ1) is 23.1. The van der Waals surface area contributed by atoms with Gasteiger partial charge in [0.15, 0.2) is 5.96 Å². The molecule has 0 aromatic heterocycles. The van der Waals surface area contributed by atoms with Gasteiger partial charge >= 0.3 is 0 Å². The lowest BCUT2D eigenvalue weighted by Crippen LogP contribution is -2.41. The van der Waals surface area contributed by atoms with E-state index in [0.29, 0.717) is 0 Å². The maximum Gasteiger partial charge on any atom is 0.191 e. The number of hydrogen-bond acceptors (Lipinski definition) is 3. The summed E-state index contributed by atoms with van der Waals surface area (Å²) in [5.74, 6) is 0.886. The van der Waals surface area contributed by atoms with Gasteiger partial charge in [-0.05, 0) is 32.9 Å². The van der Waals surface area contributed by atoms with Crippen molar-refractivity contribution in [2.24, 2.45) is 4.99 Å². The van der Waals surface area contributed by atoms with Gasteiger partial charge in [0.05, 0.1) is 0 Å². The van der Waals surface area contributed by atoms with Gasteiger partial charge in [0.2, 0.25) is 0 Å². The van der Waals surface area contributed by atoms with Crippen molar-refractivity contribution in [3.63, 3.8) is 0 Å². The minimum atomic E-state index is 0. The number of ether oxygens (including phenoxy) is 1. The molecule has 0 aliphatic carbocycles. The van der Waals surface area contributed by atoms with Crippen LogP contribution in [0.25, 0.3) is 0 Å². The van der Waals surface area contributed by atoms with Crippen molar-refractivity contribution >= 4 is 29.9 Å². The summed E-state index contributed by atoms with van der Waals surface area (Å²) >= 11 is 0. The van der Waals surface area contributed by atoms with Gasteiger partial charge in [0, 0.05) is 45.9 Å². The second-order valence-corrected chi connectivity index (χ2v) is 5.46. The molecule has 1 aromatic carbocycles. The summed E-state index contributed by atoms with van der Waals surface area (Å²) in [4.78, 5) is 6.87. The quantitative estimate of drug-likeness (QED) is 0.237. The van der Waals surface area contributed by atoms with Crippen molar-refractivity contribution in [1.82, 2.24) is 15.5 Å². The minimum Gasteiger partial charge on any atom is -0.382 e. The zero-order valence-electron chi connectivity index (χ0n) is 15.3. The standard InChI is InChI=1S/C18H32N4O.HI/c1-4-19-18(20-12-9-15-23-5-2)21-13-14-22(3)16-17-10-7-6-8-11-17;/h6-8,10-11H,4-5,9,12-16H2,1-3H3,(H2,19,20,21);1H. The fourth-order valence-electron chi connectivity index (χ4n) is 2.18. The Morgan fingerprint density at radius 2 is 1.92 bits per heavy atom. The molecule has 2 N–H and O–H groups in total. The van der Waals surface area contributed by atoms with Gasteiger partial charge in [-0.15, -0.1) is 24.0 Å². The van der Waals surface area contributed by atoms with Crippen LogP contribution in [0.15, 0.2) is 35.3 Å². The Kier molecular flexibility index (Phi) is 15.1. The molecule has 0 bridgehead atoms. The summed E-state index contributed by atoms with van der Waals surface area (Å²) in [5.41, 5.74) is 1.34. The first-order valence-electron chi connectivity index (χ1n) is 8.58. The fraction of sp³-hybridized carbons (Fsp3) is 0.611. The Hall–Kier alpha value is -0.860. The number of guanidine groups is 1. The molecule has 0 heterocycles. The van der Waals surface area contributed by atoms with Crippen molar-refractivity contribution in [3.05, 3.63) is 35.9 Å². The number of rotatable bonds is 11. The van der Waals surface area contributed by atoms with Gasteiger partial charge in [-0.3, -0.25) is 4.99 Å². The molecule has 1 aromatic rings. The van der Waals surface area contributed by atoms with Crippen LogP contribution in [0.2, 0.25) is 0 Å². The van der Waals surface area contributed by atoms with E-state index >= 15 is 0 Å². The van der Waals surface area contributed by atoms with E-state index in [0.717, 1.165) is 58.3 Å². The van der Waals surface area contributed by atoms with Gasteiger partial charge < -0.3 is 20.3 Å². The maximum atomic E-state index is 5.33. The molecule has 0 radical (unpaired) electrons. The summed E-state index contributed by atoms with van der Waals surface area (Å²) in [7, 11) is 2.14. The largest absolute Gasteiger partial charge is 0.382 e. The highest BCUT2D eigenvalue weighted by molar-refractivity contribution is 14.0. The van der Waals surface area contributed by atoms with E-state index in [1.54, 1.807) is 0 Å². The highest BCUT2D eigenvalue weighted by atomic mass is 127. The van der Waals surface area contributed by atoms with E-state index in [1.807, 2.05) is 6.92 Å². The average molecular weight is 448 g/mol. The fourth-order valence-corrected chi connectivity index (χ4v) is 2.18. The van der Waals surface area contributed by atoms with Crippen LogP contribution >= 0.6 is 24.0 Å². The number of aliphatic imine (C=N–C) groups is 1. The van der Waals surface area contributed by atoms with Gasteiger partial charge in [-0.1, -0.05) is 30.3 Å². The van der Waals surface area contributed by atoms with Gasteiger partial charge in [0.1, 0.15) is 0 Å². The monoisotopic (exact) mass is 448 g/mol. The Balaban J connectivity index is 0.00000529. The van der Waals surface area contributed by atoms with Crippen LogP contribution in [0, 0.1) is 0 Å². The molecule has 0 amide bonds. The van der Waals surface area contributed by atoms with Crippen LogP contribution in [-0.2, 0) is 11.3 Å². The van der Waals surface area contributed by atoms with Crippen molar-refractivity contribution in [2.45, 2.75) is 26.8 Å². The lowest BCUT2D eigenvalue weighted by Gasteiger charge is -2.18. The predicted molar refractivity (Wildman–Crippen MR) is 113 cm³/mol. The van der Waals surface area contributed by atoms with Crippen LogP contribution in [0.3, 0.4) is 0 Å². The number of likely N-dealkylation sites (N-methyl/N-ethyl adjacent to an activating group) is 1. The second kappa shape index (κ2) is 15.7. The number of nitrogens with zero attached hydrogens (tertiary/aromatic N) is 2. The number of nitrogens with one attached hydrogen (secondary N) is 2. The zero-order chi connectivity index (χ0) is 16.8. The molecule has 6 heteroatoms. The number of hydrogen-bond donors (Lipinski definition) is 2. The molecule has 5 nitrogen and oxygen atoms in total. The molecular formula is C18H33IN4O. The third-order valence-corrected chi connectivity index (χ3v) is 3.35. The minimum absolute atomic E-state index is 0. The van der Waals surface area contributed by atoms with Gasteiger partial charge in [-0.25, -0.2) is 0 Å². The summed E-state index contributed by atoms with van der Waals surface area (Å²) in [6.45, 7) is 10.1. The van der Waals surface area contributed by atoms with E-state index in [4.69, 9.17) is 4.74 Å². The first-order chi connectivity index (χ1) is 11.3. The number of halogens is 1. The zero-order valence-corrected chi connectivity index (χ0v) is 17.6. The Morgan fingerprint density at radius 1 is 1.17 bits per heavy atom. The summed E-state index contributed by atoms with van der Waals surface area (Å²) in [6, 6.07) is 10.5. The molecule has 0 spiro atoms. The third kappa shape index (κ3) is 11.6. The van der Waals surface area contributed by atoms with Crippen molar-refractivity contribution in [3.8, 4) is 0 Å². The molecule has 138 valence electrons. The molecule has 0 aliphatic rings. The van der Waals surface area contributed by atoms with Gasteiger partial charge in [-0.2, -0.15) is 0 Å². The SMILES string of the molecule is CCNC(=NCCCOCC)NCCN(C)Cc1ccccc1.I. The highest BCUT2D eigenvalue weighted by Crippen LogP contribution is 2.01. The molecule has 0 aliphatic heterocycles. The third-order valence-electron chi connectivity index (χ3n) is 3.35. The maximum absolute atomic E-state index is 5.33. The van der Waals surface area contributed by atoms with Crippen molar-refractivity contribution in [1.29, 1.82) is 0 Å².